The average molecular weight is 421 g/mol. The molecule has 2 aromatic rings. The molecule has 0 saturated carbocycles. The van der Waals surface area contributed by atoms with Crippen LogP contribution in [0.1, 0.15) is 31.7 Å². The number of nitrogens with zero attached hydrogens (tertiary/aromatic N) is 3. The summed E-state index contributed by atoms with van der Waals surface area (Å²) in [6.45, 7) is 4.75. The largest absolute Gasteiger partial charge is 0.493 e. The number of anilines is 3. The summed E-state index contributed by atoms with van der Waals surface area (Å²) >= 11 is 0. The minimum atomic E-state index is -3.03. The van der Waals surface area contributed by atoms with E-state index in [1.54, 1.807) is 32.4 Å². The molecule has 164 valence electrons. The first-order valence-corrected chi connectivity index (χ1v) is 10.1. The van der Waals surface area contributed by atoms with Gasteiger partial charge in [-0.3, -0.25) is 0 Å². The molecule has 1 aromatic heterocycles. The van der Waals surface area contributed by atoms with Gasteiger partial charge in [-0.2, -0.15) is 4.98 Å². The predicted molar refractivity (Wildman–Crippen MR) is 113 cm³/mol. The molecule has 1 saturated heterocycles. The lowest BCUT2D eigenvalue weighted by Crippen LogP contribution is -2.21. The summed E-state index contributed by atoms with van der Waals surface area (Å²) in [5.41, 5.74) is 0.413. The highest BCUT2D eigenvalue weighted by Gasteiger charge is 2.29. The number of likely N-dealkylation sites (tertiary alicyclic amines) is 1. The van der Waals surface area contributed by atoms with Gasteiger partial charge in [0.05, 0.1) is 19.3 Å². The third-order valence-corrected chi connectivity index (χ3v) is 4.99. The number of aromatic nitrogens is 2. The van der Waals surface area contributed by atoms with Gasteiger partial charge in [-0.1, -0.05) is 0 Å². The summed E-state index contributed by atoms with van der Waals surface area (Å²) in [6.07, 6.45) is 4.61. The van der Waals surface area contributed by atoms with E-state index >= 15 is 0 Å². The zero-order valence-electron chi connectivity index (χ0n) is 17.7. The highest BCUT2D eigenvalue weighted by Crippen LogP contribution is 2.33. The molecule has 0 aliphatic carbocycles. The molecule has 30 heavy (non-hydrogen) atoms. The van der Waals surface area contributed by atoms with Crippen LogP contribution in [-0.2, 0) is 5.92 Å². The number of ether oxygens (including phenoxy) is 2. The van der Waals surface area contributed by atoms with Gasteiger partial charge in [0, 0.05) is 38.5 Å². The lowest BCUT2D eigenvalue weighted by atomic mass is 10.2. The van der Waals surface area contributed by atoms with Crippen LogP contribution in [0.3, 0.4) is 0 Å². The molecular formula is C21H29F2N5O2. The Balaban J connectivity index is 1.66. The van der Waals surface area contributed by atoms with Gasteiger partial charge in [-0.05, 0) is 44.5 Å². The van der Waals surface area contributed by atoms with Gasteiger partial charge in [0.1, 0.15) is 5.82 Å². The van der Waals surface area contributed by atoms with Crippen LogP contribution in [0, 0.1) is 0 Å². The van der Waals surface area contributed by atoms with Gasteiger partial charge in [-0.25, -0.2) is 13.8 Å². The molecular weight excluding hydrogens is 392 g/mol. The number of nitrogens with one attached hydrogen (secondary N) is 2. The first-order chi connectivity index (χ1) is 14.4. The number of hydrogen-bond acceptors (Lipinski definition) is 7. The van der Waals surface area contributed by atoms with Crippen molar-refractivity contribution in [3.8, 4) is 11.5 Å². The molecule has 1 aliphatic heterocycles. The Hall–Kier alpha value is -2.68. The number of hydrogen-bond donors (Lipinski definition) is 2. The maximum Gasteiger partial charge on any atom is 0.275 e. The zero-order chi connectivity index (χ0) is 21.6. The summed E-state index contributed by atoms with van der Waals surface area (Å²) in [5.74, 6) is -1.52. The maximum absolute atomic E-state index is 13.7. The number of alkyl halides is 2. The molecule has 1 aromatic carbocycles. The smallest absolute Gasteiger partial charge is 0.275 e. The lowest BCUT2D eigenvalue weighted by Gasteiger charge is -2.17. The molecule has 0 atom stereocenters. The van der Waals surface area contributed by atoms with Gasteiger partial charge in [0.2, 0.25) is 5.95 Å². The number of halogens is 2. The van der Waals surface area contributed by atoms with Gasteiger partial charge in [-0.15, -0.1) is 0 Å². The van der Waals surface area contributed by atoms with E-state index in [4.69, 9.17) is 9.47 Å². The number of rotatable bonds is 10. The lowest BCUT2D eigenvalue weighted by molar-refractivity contribution is 0.0176. The Morgan fingerprint density at radius 1 is 1.20 bits per heavy atom. The third kappa shape index (κ3) is 5.69. The van der Waals surface area contributed by atoms with E-state index in [1.165, 1.54) is 25.9 Å². The molecule has 1 fully saturated rings. The highest BCUT2D eigenvalue weighted by molar-refractivity contribution is 5.61. The van der Waals surface area contributed by atoms with Crippen molar-refractivity contribution in [1.82, 2.24) is 14.9 Å². The first-order valence-electron chi connectivity index (χ1n) is 10.1. The quantitative estimate of drug-likeness (QED) is 0.556. The minimum absolute atomic E-state index is 0.0758. The van der Waals surface area contributed by atoms with E-state index in [0.717, 1.165) is 26.1 Å². The van der Waals surface area contributed by atoms with E-state index in [1.807, 2.05) is 0 Å². The Morgan fingerprint density at radius 3 is 2.63 bits per heavy atom. The van der Waals surface area contributed by atoms with E-state index in [0.29, 0.717) is 23.8 Å². The molecule has 3 rings (SSSR count). The van der Waals surface area contributed by atoms with Crippen molar-refractivity contribution in [2.75, 3.05) is 51.0 Å². The second-order valence-electron chi connectivity index (χ2n) is 7.34. The summed E-state index contributed by atoms with van der Waals surface area (Å²) in [5, 5.41) is 5.73. The van der Waals surface area contributed by atoms with E-state index < -0.39 is 5.92 Å². The summed E-state index contributed by atoms with van der Waals surface area (Å²) in [7, 11) is 3.13. The van der Waals surface area contributed by atoms with Crippen LogP contribution < -0.4 is 20.1 Å². The SMILES string of the molecule is CNc1nc(Nc2ccc(OC)c(OCCCN3CCCC3)c2)ncc1C(C)(F)F. The van der Waals surface area contributed by atoms with Crippen LogP contribution in [0.15, 0.2) is 24.4 Å². The fourth-order valence-corrected chi connectivity index (χ4v) is 3.43. The van der Waals surface area contributed by atoms with Crippen LogP contribution in [0.5, 0.6) is 11.5 Å². The van der Waals surface area contributed by atoms with Crippen molar-refractivity contribution < 1.29 is 18.3 Å². The second-order valence-corrected chi connectivity index (χ2v) is 7.34. The fraction of sp³-hybridized carbons (Fsp3) is 0.524. The zero-order valence-corrected chi connectivity index (χ0v) is 17.7. The van der Waals surface area contributed by atoms with Gasteiger partial charge >= 0.3 is 0 Å². The Labute approximate surface area is 175 Å². The number of methoxy groups -OCH3 is 1. The van der Waals surface area contributed by atoms with E-state index in [2.05, 4.69) is 25.5 Å². The molecule has 1 aliphatic rings. The summed E-state index contributed by atoms with van der Waals surface area (Å²) < 4.78 is 38.7. The maximum atomic E-state index is 13.7. The molecule has 0 radical (unpaired) electrons. The molecule has 2 heterocycles. The monoisotopic (exact) mass is 421 g/mol. The van der Waals surface area contributed by atoms with Crippen molar-refractivity contribution in [2.24, 2.45) is 0 Å². The molecule has 0 spiro atoms. The van der Waals surface area contributed by atoms with Crippen LogP contribution in [0.2, 0.25) is 0 Å². The summed E-state index contributed by atoms with van der Waals surface area (Å²) in [4.78, 5) is 10.6. The van der Waals surface area contributed by atoms with Gasteiger partial charge in [0.25, 0.3) is 5.92 Å². The van der Waals surface area contributed by atoms with Crippen molar-refractivity contribution in [3.63, 3.8) is 0 Å². The molecule has 0 amide bonds. The van der Waals surface area contributed by atoms with Crippen molar-refractivity contribution in [3.05, 3.63) is 30.0 Å². The molecule has 9 heteroatoms. The van der Waals surface area contributed by atoms with Gasteiger partial charge in [0.15, 0.2) is 11.5 Å². The molecule has 2 N–H and O–H groups in total. The molecule has 0 unspecified atom stereocenters. The van der Waals surface area contributed by atoms with Crippen molar-refractivity contribution >= 4 is 17.5 Å². The normalized spacial score (nSPS) is 14.6. The fourth-order valence-electron chi connectivity index (χ4n) is 3.43. The summed E-state index contributed by atoms with van der Waals surface area (Å²) in [6, 6.07) is 5.37. The third-order valence-electron chi connectivity index (χ3n) is 4.99. The Kier molecular flexibility index (Phi) is 7.25. The first kappa shape index (κ1) is 22.0. The number of benzene rings is 1. The topological polar surface area (TPSA) is 71.5 Å². The van der Waals surface area contributed by atoms with Crippen LogP contribution in [0.25, 0.3) is 0 Å². The van der Waals surface area contributed by atoms with Crippen molar-refractivity contribution in [1.29, 1.82) is 0 Å². The highest BCUT2D eigenvalue weighted by atomic mass is 19.3. The van der Waals surface area contributed by atoms with E-state index in [9.17, 15) is 8.78 Å². The molecule has 7 nitrogen and oxygen atoms in total. The second kappa shape index (κ2) is 9.88. The Morgan fingerprint density at radius 2 is 1.97 bits per heavy atom. The van der Waals surface area contributed by atoms with Crippen molar-refractivity contribution in [2.45, 2.75) is 32.1 Å². The average Bonchev–Trinajstić information content (AvgIpc) is 3.24. The van der Waals surface area contributed by atoms with Crippen LogP contribution in [0.4, 0.5) is 26.2 Å². The van der Waals surface area contributed by atoms with Gasteiger partial charge < -0.3 is 25.0 Å². The van der Waals surface area contributed by atoms with Crippen LogP contribution >= 0.6 is 0 Å². The van der Waals surface area contributed by atoms with Crippen LogP contribution in [-0.4, -0.2) is 55.3 Å². The Bertz CT molecular complexity index is 839. The van der Waals surface area contributed by atoms with E-state index in [-0.39, 0.29) is 17.3 Å². The molecule has 0 bridgehead atoms. The predicted octanol–water partition coefficient (Wildman–Crippen LogP) is 4.25. The standard InChI is InChI=1S/C21H29F2N5O2/c1-21(22,23)16-14-25-20(27-19(16)24-2)26-15-7-8-17(29-3)18(13-15)30-12-6-11-28-9-4-5-10-28/h7-8,13-14H,4-6,9-12H2,1-3H3,(H2,24,25,26,27). The minimum Gasteiger partial charge on any atom is -0.493 e.